The molecule has 1 aliphatic heterocycles. The van der Waals surface area contributed by atoms with E-state index in [0.29, 0.717) is 19.3 Å². The monoisotopic (exact) mass is 553 g/mol. The zero-order chi connectivity index (χ0) is 28.8. The second-order valence-corrected chi connectivity index (χ2v) is 10.6. The normalized spacial score (nSPS) is 15.3. The summed E-state index contributed by atoms with van der Waals surface area (Å²) in [6.07, 6.45) is -1.82. The van der Waals surface area contributed by atoms with E-state index in [1.807, 2.05) is 74.5 Å². The van der Waals surface area contributed by atoms with E-state index in [1.54, 1.807) is 0 Å². The molecule has 2 aromatic carbocycles. The Morgan fingerprint density at radius 1 is 1.10 bits per heavy atom. The third-order valence-electron chi connectivity index (χ3n) is 6.52. The van der Waals surface area contributed by atoms with Crippen LogP contribution in [0.4, 0.5) is 9.59 Å². The minimum absolute atomic E-state index is 0.0778. The molecule has 0 radical (unpaired) electrons. The van der Waals surface area contributed by atoms with Crippen molar-refractivity contribution in [2.75, 3.05) is 33.1 Å². The van der Waals surface area contributed by atoms with Gasteiger partial charge in [-0.25, -0.2) is 9.59 Å². The van der Waals surface area contributed by atoms with E-state index >= 15 is 0 Å². The number of alkyl carbamates (subject to hydrolysis) is 1. The van der Waals surface area contributed by atoms with Crippen molar-refractivity contribution < 1.29 is 33.6 Å². The smallest absolute Gasteiger partial charge is 0.410 e. The van der Waals surface area contributed by atoms with Gasteiger partial charge in [-0.3, -0.25) is 0 Å². The van der Waals surface area contributed by atoms with Crippen LogP contribution in [0.1, 0.15) is 37.8 Å². The molecular formula is C30H39N3O7. The van der Waals surface area contributed by atoms with E-state index in [2.05, 4.69) is 11.4 Å². The highest BCUT2D eigenvalue weighted by molar-refractivity contribution is 5.69. The van der Waals surface area contributed by atoms with Crippen LogP contribution >= 0.6 is 0 Å². The Labute approximate surface area is 235 Å². The van der Waals surface area contributed by atoms with Crippen molar-refractivity contribution in [1.29, 1.82) is 5.26 Å². The fourth-order valence-electron chi connectivity index (χ4n) is 4.38. The van der Waals surface area contributed by atoms with Gasteiger partial charge in [0, 0.05) is 13.0 Å². The van der Waals surface area contributed by atoms with Gasteiger partial charge in [0.1, 0.15) is 13.4 Å². The summed E-state index contributed by atoms with van der Waals surface area (Å²) in [7, 11) is 0. The molecule has 1 heterocycles. The lowest BCUT2D eigenvalue weighted by molar-refractivity contribution is -0.151. The summed E-state index contributed by atoms with van der Waals surface area (Å²) in [4.78, 5) is 27.5. The third-order valence-corrected chi connectivity index (χ3v) is 6.52. The van der Waals surface area contributed by atoms with Crippen LogP contribution in [0.25, 0.3) is 0 Å². The minimum Gasteiger partial charge on any atom is -0.445 e. The SMILES string of the molecule is CC(C)(CCC#N)CN(CC(O)C(Cc1ccccc1)NC(=O)OC1COCOC1)C(=O)OCc1ccccc1. The van der Waals surface area contributed by atoms with Gasteiger partial charge in [0.2, 0.25) is 0 Å². The first kappa shape index (κ1) is 30.9. The number of nitrogens with zero attached hydrogens (tertiary/aromatic N) is 2. The minimum atomic E-state index is -1.15. The van der Waals surface area contributed by atoms with Crippen LogP contribution in [0.5, 0.6) is 0 Å². The molecule has 0 spiro atoms. The van der Waals surface area contributed by atoms with Crippen molar-refractivity contribution >= 4 is 12.2 Å². The van der Waals surface area contributed by atoms with Gasteiger partial charge in [-0.05, 0) is 29.4 Å². The summed E-state index contributed by atoms with van der Waals surface area (Å²) in [5, 5.41) is 23.2. The molecule has 10 nitrogen and oxygen atoms in total. The number of carbonyl (C=O) groups is 2. The number of aliphatic hydroxyl groups excluding tert-OH is 1. The van der Waals surface area contributed by atoms with E-state index in [1.165, 1.54) is 4.90 Å². The highest BCUT2D eigenvalue weighted by Gasteiger charge is 2.32. The molecule has 3 rings (SSSR count). The summed E-state index contributed by atoms with van der Waals surface area (Å²) in [6, 6.07) is 20.1. The fraction of sp³-hybridized carbons (Fsp3) is 0.500. The molecule has 0 aliphatic carbocycles. The Morgan fingerprint density at radius 3 is 2.35 bits per heavy atom. The van der Waals surface area contributed by atoms with E-state index in [4.69, 9.17) is 24.2 Å². The Balaban J connectivity index is 1.74. The third kappa shape index (κ3) is 10.8. The van der Waals surface area contributed by atoms with Gasteiger partial charge in [0.15, 0.2) is 6.10 Å². The summed E-state index contributed by atoms with van der Waals surface area (Å²) >= 11 is 0. The molecule has 0 saturated carbocycles. The Bertz CT molecular complexity index is 1090. The molecule has 2 amide bonds. The maximum atomic E-state index is 13.3. The summed E-state index contributed by atoms with van der Waals surface area (Å²) in [5.74, 6) is 0. The van der Waals surface area contributed by atoms with E-state index < -0.39 is 35.9 Å². The molecule has 1 saturated heterocycles. The lowest BCUT2D eigenvalue weighted by atomic mass is 9.87. The van der Waals surface area contributed by atoms with Crippen LogP contribution in [0, 0.1) is 16.7 Å². The largest absolute Gasteiger partial charge is 0.445 e. The van der Waals surface area contributed by atoms with Gasteiger partial charge in [-0.15, -0.1) is 0 Å². The second kappa shape index (κ2) is 15.8. The van der Waals surface area contributed by atoms with Crippen LogP contribution in [0.2, 0.25) is 0 Å². The molecule has 1 aliphatic rings. The molecule has 10 heteroatoms. The zero-order valence-corrected chi connectivity index (χ0v) is 23.2. The number of benzene rings is 2. The van der Waals surface area contributed by atoms with Crippen molar-refractivity contribution in [2.24, 2.45) is 5.41 Å². The van der Waals surface area contributed by atoms with Crippen molar-refractivity contribution in [3.05, 3.63) is 71.8 Å². The number of nitrogens with one attached hydrogen (secondary N) is 1. The van der Waals surface area contributed by atoms with Gasteiger partial charge in [-0.1, -0.05) is 74.5 Å². The standard InChI is InChI=1S/C30H39N3O7/c1-30(2,14-9-15-31)21-33(29(36)39-18-24-12-7-4-8-13-24)17-27(34)26(16-23-10-5-3-6-11-23)32-28(35)40-25-19-37-22-38-20-25/h3-8,10-13,25-27,34H,9,14,16-22H2,1-2H3,(H,32,35). The Morgan fingerprint density at radius 2 is 1.73 bits per heavy atom. The zero-order valence-electron chi connectivity index (χ0n) is 23.2. The highest BCUT2D eigenvalue weighted by atomic mass is 16.7. The fourth-order valence-corrected chi connectivity index (χ4v) is 4.38. The van der Waals surface area contributed by atoms with Crippen molar-refractivity contribution in [1.82, 2.24) is 10.2 Å². The first-order valence-electron chi connectivity index (χ1n) is 13.4. The summed E-state index contributed by atoms with van der Waals surface area (Å²) in [6.45, 7) is 4.73. The van der Waals surface area contributed by atoms with Crippen LogP contribution < -0.4 is 5.32 Å². The lowest BCUT2D eigenvalue weighted by Crippen LogP contribution is -2.52. The maximum Gasteiger partial charge on any atom is 0.410 e. The molecule has 1 fully saturated rings. The topological polar surface area (TPSA) is 130 Å². The molecule has 2 N–H and O–H groups in total. The van der Waals surface area contributed by atoms with Gasteiger partial charge in [-0.2, -0.15) is 5.26 Å². The number of hydrogen-bond donors (Lipinski definition) is 2. The van der Waals surface area contributed by atoms with Gasteiger partial charge in [0.25, 0.3) is 0 Å². The predicted octanol–water partition coefficient (Wildman–Crippen LogP) is 4.03. The quantitative estimate of drug-likeness (QED) is 0.380. The number of nitriles is 1. The molecule has 216 valence electrons. The second-order valence-electron chi connectivity index (χ2n) is 10.6. The molecule has 2 atom stereocenters. The van der Waals surface area contributed by atoms with Crippen LogP contribution in [-0.2, 0) is 32.0 Å². The van der Waals surface area contributed by atoms with Crippen LogP contribution in [0.15, 0.2) is 60.7 Å². The van der Waals surface area contributed by atoms with Crippen LogP contribution in [0.3, 0.4) is 0 Å². The first-order chi connectivity index (χ1) is 19.3. The summed E-state index contributed by atoms with van der Waals surface area (Å²) < 4.78 is 21.4. The molecule has 0 aromatic heterocycles. The number of amides is 2. The maximum absolute atomic E-state index is 13.3. The van der Waals surface area contributed by atoms with Gasteiger partial charge < -0.3 is 34.3 Å². The predicted molar refractivity (Wildman–Crippen MR) is 147 cm³/mol. The molecule has 2 aromatic rings. The Hall–Kier alpha value is -3.65. The molecule has 2 unspecified atom stereocenters. The number of carbonyl (C=O) groups excluding carboxylic acids is 2. The summed E-state index contributed by atoms with van der Waals surface area (Å²) in [5.41, 5.74) is 1.31. The van der Waals surface area contributed by atoms with Crippen molar-refractivity contribution in [2.45, 2.75) is 58.0 Å². The number of rotatable bonds is 13. The Kier molecular flexibility index (Phi) is 12.2. The van der Waals surface area contributed by atoms with E-state index in [0.717, 1.165) is 11.1 Å². The average Bonchev–Trinajstić information content (AvgIpc) is 2.95. The van der Waals surface area contributed by atoms with Crippen molar-refractivity contribution in [3.63, 3.8) is 0 Å². The average molecular weight is 554 g/mol. The van der Waals surface area contributed by atoms with E-state index in [9.17, 15) is 14.7 Å². The van der Waals surface area contributed by atoms with Gasteiger partial charge >= 0.3 is 12.2 Å². The number of aliphatic hydroxyl groups is 1. The number of hydrogen-bond acceptors (Lipinski definition) is 8. The first-order valence-corrected chi connectivity index (χ1v) is 13.4. The molecule has 40 heavy (non-hydrogen) atoms. The number of ether oxygens (including phenoxy) is 4. The van der Waals surface area contributed by atoms with Gasteiger partial charge in [0.05, 0.1) is 38.0 Å². The highest BCUT2D eigenvalue weighted by Crippen LogP contribution is 2.25. The van der Waals surface area contributed by atoms with E-state index in [-0.39, 0.29) is 39.7 Å². The van der Waals surface area contributed by atoms with Crippen LogP contribution in [-0.4, -0.2) is 73.5 Å². The lowest BCUT2D eigenvalue weighted by Gasteiger charge is -2.35. The van der Waals surface area contributed by atoms with Crippen molar-refractivity contribution in [3.8, 4) is 6.07 Å². The molecule has 0 bridgehead atoms. The molecular weight excluding hydrogens is 514 g/mol.